The Balaban J connectivity index is 2.10. The Kier molecular flexibility index (Phi) is 7.17. The summed E-state index contributed by atoms with van der Waals surface area (Å²) in [6, 6.07) is 17.8. The molecule has 0 spiro atoms. The van der Waals surface area contributed by atoms with Crippen molar-refractivity contribution in [1.29, 1.82) is 0 Å². The molecule has 0 radical (unpaired) electrons. The van der Waals surface area contributed by atoms with Gasteiger partial charge in [0, 0.05) is 6.42 Å². The number of rotatable bonds is 8. The van der Waals surface area contributed by atoms with Crippen molar-refractivity contribution in [2.75, 3.05) is 0 Å². The van der Waals surface area contributed by atoms with E-state index in [1.165, 1.54) is 0 Å². The lowest BCUT2D eigenvalue weighted by molar-refractivity contribution is -0.0624. The van der Waals surface area contributed by atoms with Crippen LogP contribution in [-0.4, -0.2) is 23.6 Å². The van der Waals surface area contributed by atoms with E-state index in [0.29, 0.717) is 24.0 Å². The minimum Gasteiger partial charge on any atom is -0.459 e. The molecule has 27 heavy (non-hydrogen) atoms. The largest absolute Gasteiger partial charge is 0.459 e. The molecule has 0 bridgehead atoms. The van der Waals surface area contributed by atoms with Crippen molar-refractivity contribution >= 4 is 11.9 Å². The first-order valence-electron chi connectivity index (χ1n) is 9.40. The predicted octanol–water partition coefficient (Wildman–Crippen LogP) is 5.28. The fourth-order valence-electron chi connectivity index (χ4n) is 2.76. The van der Waals surface area contributed by atoms with E-state index in [0.717, 1.165) is 0 Å². The third kappa shape index (κ3) is 5.68. The molecule has 0 saturated carbocycles. The van der Waals surface area contributed by atoms with Gasteiger partial charge in [-0.2, -0.15) is 0 Å². The van der Waals surface area contributed by atoms with Crippen molar-refractivity contribution in [2.24, 2.45) is 5.92 Å². The highest BCUT2D eigenvalue weighted by Gasteiger charge is 2.36. The minimum atomic E-state index is -0.745. The molecule has 0 amide bonds. The molecule has 4 nitrogen and oxygen atoms in total. The Hall–Kier alpha value is -2.62. The van der Waals surface area contributed by atoms with Crippen LogP contribution >= 0.6 is 0 Å². The van der Waals surface area contributed by atoms with Gasteiger partial charge in [-0.3, -0.25) is 0 Å². The highest BCUT2D eigenvalue weighted by molar-refractivity contribution is 5.90. The van der Waals surface area contributed by atoms with Crippen molar-refractivity contribution in [1.82, 2.24) is 0 Å². The molecule has 0 fully saturated rings. The first-order valence-corrected chi connectivity index (χ1v) is 9.40. The van der Waals surface area contributed by atoms with Crippen LogP contribution in [0.3, 0.4) is 0 Å². The molecule has 0 heterocycles. The molecule has 0 saturated heterocycles. The van der Waals surface area contributed by atoms with Gasteiger partial charge in [-0.15, -0.1) is 0 Å². The van der Waals surface area contributed by atoms with Crippen LogP contribution in [0.15, 0.2) is 60.7 Å². The highest BCUT2D eigenvalue weighted by atomic mass is 16.6. The number of hydrogen-bond acceptors (Lipinski definition) is 4. The molecule has 2 aromatic rings. The summed E-state index contributed by atoms with van der Waals surface area (Å²) in [5, 5.41) is 0. The third-order valence-corrected chi connectivity index (χ3v) is 4.93. The van der Waals surface area contributed by atoms with Gasteiger partial charge in [0.05, 0.1) is 11.1 Å². The molecule has 4 heteroatoms. The van der Waals surface area contributed by atoms with E-state index in [2.05, 4.69) is 0 Å². The lowest BCUT2D eigenvalue weighted by Crippen LogP contribution is -2.41. The van der Waals surface area contributed by atoms with Gasteiger partial charge in [0.15, 0.2) is 0 Å². The van der Waals surface area contributed by atoms with Crippen LogP contribution in [0.1, 0.15) is 61.3 Å². The standard InChI is InChI=1S/C23H28O4/c1-5-20(26-21(24)18-12-8-6-9-13-18)16-23(4,17(2)3)27-22(25)19-14-10-7-11-15-19/h6-15,17,20H,5,16H2,1-4H3. The van der Waals surface area contributed by atoms with Gasteiger partial charge in [-0.25, -0.2) is 9.59 Å². The van der Waals surface area contributed by atoms with Crippen molar-refractivity contribution in [3.63, 3.8) is 0 Å². The van der Waals surface area contributed by atoms with Crippen LogP contribution in [0.25, 0.3) is 0 Å². The zero-order chi connectivity index (χ0) is 19.9. The Bertz CT molecular complexity index is 739. The Morgan fingerprint density at radius 1 is 0.889 bits per heavy atom. The van der Waals surface area contributed by atoms with Gasteiger partial charge in [-0.1, -0.05) is 57.2 Å². The topological polar surface area (TPSA) is 52.6 Å². The zero-order valence-electron chi connectivity index (χ0n) is 16.5. The van der Waals surface area contributed by atoms with E-state index in [4.69, 9.17) is 9.47 Å². The summed E-state index contributed by atoms with van der Waals surface area (Å²) in [4.78, 5) is 24.9. The molecular weight excluding hydrogens is 340 g/mol. The van der Waals surface area contributed by atoms with Gasteiger partial charge >= 0.3 is 11.9 Å². The van der Waals surface area contributed by atoms with Gasteiger partial charge in [-0.05, 0) is 43.5 Å². The molecule has 2 rings (SSSR count). The zero-order valence-corrected chi connectivity index (χ0v) is 16.5. The maximum absolute atomic E-state index is 12.5. The second-order valence-corrected chi connectivity index (χ2v) is 7.23. The number of carbonyl (C=O) groups is 2. The van der Waals surface area contributed by atoms with Crippen LogP contribution in [0.4, 0.5) is 0 Å². The van der Waals surface area contributed by atoms with Crippen LogP contribution in [0, 0.1) is 5.92 Å². The number of hydrogen-bond donors (Lipinski definition) is 0. The number of esters is 2. The second kappa shape index (κ2) is 9.36. The maximum Gasteiger partial charge on any atom is 0.338 e. The van der Waals surface area contributed by atoms with E-state index in [1.807, 2.05) is 39.8 Å². The van der Waals surface area contributed by atoms with Crippen molar-refractivity contribution in [2.45, 2.75) is 52.2 Å². The molecule has 2 aromatic carbocycles. The Morgan fingerprint density at radius 3 is 1.81 bits per heavy atom. The Morgan fingerprint density at radius 2 is 1.37 bits per heavy atom. The summed E-state index contributed by atoms with van der Waals surface area (Å²) >= 11 is 0. The number of benzene rings is 2. The average molecular weight is 368 g/mol. The monoisotopic (exact) mass is 368 g/mol. The van der Waals surface area contributed by atoms with Crippen LogP contribution < -0.4 is 0 Å². The van der Waals surface area contributed by atoms with E-state index >= 15 is 0 Å². The molecule has 0 aliphatic heterocycles. The SMILES string of the molecule is CCC(CC(C)(OC(=O)c1ccccc1)C(C)C)OC(=O)c1ccccc1. The molecule has 0 N–H and O–H groups in total. The molecule has 2 unspecified atom stereocenters. The lowest BCUT2D eigenvalue weighted by atomic mass is 9.85. The summed E-state index contributed by atoms with van der Waals surface area (Å²) in [6.07, 6.45) is 0.746. The quantitative estimate of drug-likeness (QED) is 0.595. The van der Waals surface area contributed by atoms with E-state index in [1.54, 1.807) is 48.5 Å². The predicted molar refractivity (Wildman–Crippen MR) is 106 cm³/mol. The fraction of sp³-hybridized carbons (Fsp3) is 0.391. The summed E-state index contributed by atoms with van der Waals surface area (Å²) in [5.74, 6) is -0.659. The number of ether oxygens (including phenoxy) is 2. The molecule has 0 aromatic heterocycles. The first kappa shape index (κ1) is 20.7. The Labute approximate surface area is 161 Å². The molecule has 0 aliphatic rings. The van der Waals surface area contributed by atoms with Gasteiger partial charge in [0.1, 0.15) is 11.7 Å². The van der Waals surface area contributed by atoms with Crippen molar-refractivity contribution in [3.8, 4) is 0 Å². The van der Waals surface area contributed by atoms with Crippen LogP contribution in [0.5, 0.6) is 0 Å². The van der Waals surface area contributed by atoms with E-state index < -0.39 is 5.60 Å². The fourth-order valence-corrected chi connectivity index (χ4v) is 2.76. The summed E-state index contributed by atoms with van der Waals surface area (Å²) < 4.78 is 11.6. The number of carbonyl (C=O) groups excluding carboxylic acids is 2. The second-order valence-electron chi connectivity index (χ2n) is 7.23. The van der Waals surface area contributed by atoms with Gasteiger partial charge in [0.2, 0.25) is 0 Å². The van der Waals surface area contributed by atoms with Gasteiger partial charge in [0.25, 0.3) is 0 Å². The van der Waals surface area contributed by atoms with E-state index in [9.17, 15) is 9.59 Å². The van der Waals surface area contributed by atoms with Crippen molar-refractivity contribution in [3.05, 3.63) is 71.8 Å². The summed E-state index contributed by atoms with van der Waals surface area (Å²) in [5.41, 5.74) is 0.284. The third-order valence-electron chi connectivity index (χ3n) is 4.93. The average Bonchev–Trinajstić information content (AvgIpc) is 2.68. The summed E-state index contributed by atoms with van der Waals surface area (Å²) in [6.45, 7) is 7.87. The smallest absolute Gasteiger partial charge is 0.338 e. The lowest BCUT2D eigenvalue weighted by Gasteiger charge is -2.36. The van der Waals surface area contributed by atoms with Gasteiger partial charge < -0.3 is 9.47 Å². The normalized spacial score (nSPS) is 14.3. The van der Waals surface area contributed by atoms with E-state index in [-0.39, 0.29) is 24.0 Å². The maximum atomic E-state index is 12.5. The molecule has 144 valence electrons. The molecule has 0 aliphatic carbocycles. The highest BCUT2D eigenvalue weighted by Crippen LogP contribution is 2.30. The van der Waals surface area contributed by atoms with Crippen molar-refractivity contribution < 1.29 is 19.1 Å². The molecular formula is C23H28O4. The molecule has 2 atom stereocenters. The van der Waals surface area contributed by atoms with Crippen LogP contribution in [-0.2, 0) is 9.47 Å². The minimum absolute atomic E-state index is 0.0645. The summed E-state index contributed by atoms with van der Waals surface area (Å²) in [7, 11) is 0. The van der Waals surface area contributed by atoms with Crippen LogP contribution in [0.2, 0.25) is 0 Å². The first-order chi connectivity index (χ1) is 12.9.